The molecule has 0 spiro atoms. The van der Waals surface area contributed by atoms with Crippen molar-refractivity contribution >= 4 is 29.5 Å². The van der Waals surface area contributed by atoms with Crippen molar-refractivity contribution in [3.05, 3.63) is 35.6 Å². The van der Waals surface area contributed by atoms with E-state index in [1.165, 1.54) is 12.2 Å². The second-order valence-electron chi connectivity index (χ2n) is 10.9. The van der Waals surface area contributed by atoms with E-state index in [1.807, 2.05) is 0 Å². The Hall–Kier alpha value is -3.43. The average molecular weight is 609 g/mol. The largest absolute Gasteiger partial charge is 0.465 e. The van der Waals surface area contributed by atoms with Crippen LogP contribution < -0.4 is 0 Å². The predicted molar refractivity (Wildman–Crippen MR) is 141 cm³/mol. The second kappa shape index (κ2) is 13.5. The van der Waals surface area contributed by atoms with E-state index in [9.17, 15) is 44.4 Å². The van der Waals surface area contributed by atoms with E-state index in [-0.39, 0.29) is 25.2 Å². The van der Waals surface area contributed by atoms with Crippen molar-refractivity contribution in [3.63, 3.8) is 0 Å². The van der Waals surface area contributed by atoms with Gasteiger partial charge in [0.25, 0.3) is 0 Å². The lowest BCUT2D eigenvalue weighted by Crippen LogP contribution is -2.61. The van der Waals surface area contributed by atoms with Gasteiger partial charge < -0.3 is 44.1 Å². The van der Waals surface area contributed by atoms with Crippen molar-refractivity contribution in [1.82, 2.24) is 0 Å². The molecule has 1 fully saturated rings. The molecule has 14 nitrogen and oxygen atoms in total. The van der Waals surface area contributed by atoms with Crippen LogP contribution in [-0.4, -0.2) is 105 Å². The van der Waals surface area contributed by atoms with Crippen LogP contribution in [-0.2, 0) is 47.7 Å². The molecule has 1 aliphatic heterocycles. The molecule has 3 aliphatic carbocycles. The highest BCUT2D eigenvalue weighted by Crippen LogP contribution is 2.33. The van der Waals surface area contributed by atoms with E-state index in [4.69, 9.17) is 23.7 Å². The summed E-state index contributed by atoms with van der Waals surface area (Å²) in [6, 6.07) is 0. The predicted octanol–water partition coefficient (Wildman–Crippen LogP) is -0.404. The molecule has 0 aromatic carbocycles. The Morgan fingerprint density at radius 2 is 1.47 bits per heavy atom. The van der Waals surface area contributed by atoms with E-state index < -0.39 is 78.0 Å². The smallest absolute Gasteiger partial charge is 0.350 e. The molecule has 4 rings (SSSR count). The summed E-state index contributed by atoms with van der Waals surface area (Å²) in [7, 11) is 0. The van der Waals surface area contributed by atoms with Gasteiger partial charge in [0.1, 0.15) is 37.3 Å². The maximum atomic E-state index is 12.6. The van der Waals surface area contributed by atoms with Gasteiger partial charge in [0, 0.05) is 31.8 Å². The Morgan fingerprint density at radius 3 is 2.05 bits per heavy atom. The van der Waals surface area contributed by atoms with E-state index in [0.29, 0.717) is 44.1 Å². The number of allylic oxidation sites excluding steroid dienone is 3. The molecule has 4 aliphatic rings. The number of ketones is 2. The Morgan fingerprint density at radius 1 is 0.884 bits per heavy atom. The minimum absolute atomic E-state index is 0.00728. The second-order valence-corrected chi connectivity index (χ2v) is 10.9. The summed E-state index contributed by atoms with van der Waals surface area (Å²) >= 11 is 0. The number of aliphatic hydroxyl groups is 4. The summed E-state index contributed by atoms with van der Waals surface area (Å²) in [5.74, 6) is -4.38. The highest BCUT2D eigenvalue weighted by atomic mass is 16.7. The zero-order valence-corrected chi connectivity index (χ0v) is 23.6. The number of aliphatic hydroxyl groups excluding tert-OH is 2. The van der Waals surface area contributed by atoms with Crippen LogP contribution in [0.25, 0.3) is 0 Å². The van der Waals surface area contributed by atoms with Gasteiger partial charge in [-0.25, -0.2) is 9.59 Å². The molecule has 0 aromatic heterocycles. The minimum Gasteiger partial charge on any atom is -0.465 e. The van der Waals surface area contributed by atoms with Crippen molar-refractivity contribution in [2.45, 2.75) is 100 Å². The van der Waals surface area contributed by atoms with Crippen molar-refractivity contribution in [3.8, 4) is 0 Å². The van der Waals surface area contributed by atoms with Crippen LogP contribution in [0, 0.1) is 0 Å². The van der Waals surface area contributed by atoms with Gasteiger partial charge in [0.05, 0.1) is 0 Å². The summed E-state index contributed by atoms with van der Waals surface area (Å²) in [4.78, 5) is 61.3. The molecule has 0 aromatic rings. The van der Waals surface area contributed by atoms with Gasteiger partial charge in [-0.05, 0) is 44.3 Å². The van der Waals surface area contributed by atoms with E-state index in [2.05, 4.69) is 0 Å². The first-order valence-corrected chi connectivity index (χ1v) is 14.1. The van der Waals surface area contributed by atoms with Crippen LogP contribution in [0.1, 0.15) is 58.3 Å². The molecular formula is C29H36O14. The third kappa shape index (κ3) is 7.04. The molecule has 1 saturated heterocycles. The van der Waals surface area contributed by atoms with Gasteiger partial charge in [-0.2, -0.15) is 0 Å². The Labute approximate surface area is 246 Å². The highest BCUT2D eigenvalue weighted by molar-refractivity contribution is 6.10. The molecule has 0 radical (unpaired) electrons. The van der Waals surface area contributed by atoms with E-state index >= 15 is 0 Å². The third-order valence-corrected chi connectivity index (χ3v) is 7.75. The number of hydrogen-bond acceptors (Lipinski definition) is 14. The lowest BCUT2D eigenvalue weighted by atomic mass is 9.90. The SMILES string of the molecule is CC(=O)O[C@H]1[C@H](OC2=C(COC(=O)C3(O)C=CCCC3=O)CCCC2)O[C@H](COC(=O)C2(O)C=CCCC2=O)[C@@H](O)[C@@H]1O. The number of ether oxygens (including phenoxy) is 5. The summed E-state index contributed by atoms with van der Waals surface area (Å²) in [6.45, 7) is 0.0571. The number of Topliss-reactive ketones (excluding diaryl/α,β-unsaturated/α-hetero) is 2. The number of carbonyl (C=O) groups excluding carboxylic acids is 5. The molecule has 43 heavy (non-hydrogen) atoms. The van der Waals surface area contributed by atoms with E-state index in [1.54, 1.807) is 0 Å². The maximum Gasteiger partial charge on any atom is 0.350 e. The number of hydrogen-bond donors (Lipinski definition) is 4. The van der Waals surface area contributed by atoms with Crippen molar-refractivity contribution in [1.29, 1.82) is 0 Å². The molecule has 0 saturated carbocycles. The van der Waals surface area contributed by atoms with Gasteiger partial charge >= 0.3 is 17.9 Å². The van der Waals surface area contributed by atoms with E-state index in [0.717, 1.165) is 19.1 Å². The molecule has 1 heterocycles. The number of carbonyl (C=O) groups is 5. The first-order valence-electron chi connectivity index (χ1n) is 14.1. The van der Waals surface area contributed by atoms with Crippen LogP contribution >= 0.6 is 0 Å². The van der Waals surface area contributed by atoms with Crippen molar-refractivity contribution in [2.24, 2.45) is 0 Å². The molecular weight excluding hydrogens is 572 g/mol. The fourth-order valence-corrected chi connectivity index (χ4v) is 5.23. The fourth-order valence-electron chi connectivity index (χ4n) is 5.23. The van der Waals surface area contributed by atoms with Crippen molar-refractivity contribution < 1.29 is 68.1 Å². The average Bonchev–Trinajstić information content (AvgIpc) is 2.98. The normalized spacial score (nSPS) is 34.5. The van der Waals surface area contributed by atoms with Crippen molar-refractivity contribution in [2.75, 3.05) is 13.2 Å². The molecule has 0 bridgehead atoms. The molecule has 2 unspecified atom stereocenters. The molecule has 4 N–H and O–H groups in total. The third-order valence-electron chi connectivity index (χ3n) is 7.75. The Bertz CT molecular complexity index is 1220. The topological polar surface area (TPSA) is 212 Å². The number of esters is 3. The highest BCUT2D eigenvalue weighted by Gasteiger charge is 2.50. The Kier molecular flexibility index (Phi) is 10.2. The molecule has 0 amide bonds. The van der Waals surface area contributed by atoms with Gasteiger partial charge in [0.2, 0.25) is 17.5 Å². The van der Waals surface area contributed by atoms with Crippen LogP contribution in [0.5, 0.6) is 0 Å². The zero-order valence-electron chi connectivity index (χ0n) is 23.6. The van der Waals surface area contributed by atoms with Gasteiger partial charge in [-0.15, -0.1) is 0 Å². The minimum atomic E-state index is -2.49. The van der Waals surface area contributed by atoms with Gasteiger partial charge in [0.15, 0.2) is 17.7 Å². The monoisotopic (exact) mass is 608 g/mol. The molecule has 14 heteroatoms. The van der Waals surface area contributed by atoms with Crippen LogP contribution in [0.15, 0.2) is 35.6 Å². The van der Waals surface area contributed by atoms with Crippen LogP contribution in [0.3, 0.4) is 0 Å². The standard InChI is InChI=1S/C29H36O14/c1-16(30)41-24-23(34)22(33)19(15-40-27(36)29(38)13-7-5-11-21(29)32)43-25(24)42-18-9-3-2-8-17(18)14-39-26(35)28(37)12-6-4-10-20(28)31/h6-7,12-13,19,22-25,33-34,37-38H,2-5,8-11,14-15H2,1H3/t19-,22-,23+,24-,25-,28?,29?/m1/s1. The number of rotatable bonds is 9. The summed E-state index contributed by atoms with van der Waals surface area (Å²) in [5.41, 5.74) is -4.37. The first kappa shape index (κ1) is 32.5. The fraction of sp³-hybridized carbons (Fsp3) is 0.621. The maximum absolute atomic E-state index is 12.6. The summed E-state index contributed by atoms with van der Waals surface area (Å²) in [6.07, 6.45) is -0.0295. The quantitative estimate of drug-likeness (QED) is 0.114. The lowest BCUT2D eigenvalue weighted by Gasteiger charge is -2.42. The van der Waals surface area contributed by atoms with Crippen LogP contribution in [0.4, 0.5) is 0 Å². The molecule has 7 atom stereocenters. The Balaban J connectivity index is 1.49. The summed E-state index contributed by atoms with van der Waals surface area (Å²) in [5, 5.41) is 42.5. The molecule has 236 valence electrons. The van der Waals surface area contributed by atoms with Gasteiger partial charge in [-0.1, -0.05) is 12.2 Å². The van der Waals surface area contributed by atoms with Crippen LogP contribution in [0.2, 0.25) is 0 Å². The van der Waals surface area contributed by atoms with Gasteiger partial charge in [-0.3, -0.25) is 14.4 Å². The lowest BCUT2D eigenvalue weighted by molar-refractivity contribution is -0.296. The summed E-state index contributed by atoms with van der Waals surface area (Å²) < 4.78 is 27.3. The zero-order chi connectivity index (χ0) is 31.4. The first-order chi connectivity index (χ1) is 20.4.